The number of aliphatic hydroxyl groups is 1. The van der Waals surface area contributed by atoms with Gasteiger partial charge >= 0.3 is 5.97 Å². The Labute approximate surface area is 83.8 Å². The molecule has 4 atom stereocenters. The fourth-order valence-corrected chi connectivity index (χ4v) is 2.89. The van der Waals surface area contributed by atoms with Crippen LogP contribution in [-0.2, 0) is 9.53 Å². The highest BCUT2D eigenvalue weighted by Gasteiger charge is 2.48. The smallest absolute Gasteiger partial charge is 0.312 e. The minimum absolute atomic E-state index is 0.177. The highest BCUT2D eigenvalue weighted by atomic mass is 16.5. The zero-order valence-corrected chi connectivity index (χ0v) is 8.64. The van der Waals surface area contributed by atoms with Gasteiger partial charge in [-0.3, -0.25) is 9.69 Å². The van der Waals surface area contributed by atoms with Crippen LogP contribution in [0.2, 0.25) is 0 Å². The Morgan fingerprint density at radius 3 is 2.86 bits per heavy atom. The van der Waals surface area contributed by atoms with Crippen molar-refractivity contribution in [2.75, 3.05) is 14.2 Å². The first-order valence-electron chi connectivity index (χ1n) is 5.13. The standard InChI is InChI=1S/C10H17NO3/c1-11-6-3-4-7(11)9(8(12)5-6)10(13)14-2/h6-9,12H,3-5H2,1-2H3/t6-,7-,8+,9-/m1/s1. The molecule has 2 heterocycles. The summed E-state index contributed by atoms with van der Waals surface area (Å²) >= 11 is 0. The Morgan fingerprint density at radius 2 is 2.21 bits per heavy atom. The molecule has 14 heavy (non-hydrogen) atoms. The third kappa shape index (κ3) is 1.33. The molecule has 2 fully saturated rings. The molecule has 2 bridgehead atoms. The molecule has 2 aliphatic heterocycles. The summed E-state index contributed by atoms with van der Waals surface area (Å²) in [4.78, 5) is 13.7. The summed E-state index contributed by atoms with van der Waals surface area (Å²) in [5.41, 5.74) is 0. The molecular weight excluding hydrogens is 182 g/mol. The zero-order chi connectivity index (χ0) is 10.3. The maximum Gasteiger partial charge on any atom is 0.312 e. The summed E-state index contributed by atoms with van der Waals surface area (Å²) in [6, 6.07) is 0.632. The lowest BCUT2D eigenvalue weighted by molar-refractivity contribution is -0.155. The van der Waals surface area contributed by atoms with Crippen LogP contribution in [0.4, 0.5) is 0 Å². The van der Waals surface area contributed by atoms with E-state index in [1.807, 2.05) is 7.05 Å². The van der Waals surface area contributed by atoms with Gasteiger partial charge in [0.1, 0.15) is 0 Å². The van der Waals surface area contributed by atoms with Gasteiger partial charge in [-0.1, -0.05) is 0 Å². The molecule has 0 aromatic carbocycles. The molecule has 2 saturated heterocycles. The van der Waals surface area contributed by atoms with Crippen LogP contribution in [0.15, 0.2) is 0 Å². The molecule has 2 aliphatic rings. The molecule has 0 aromatic heterocycles. The summed E-state index contributed by atoms with van der Waals surface area (Å²) < 4.78 is 4.73. The van der Waals surface area contributed by atoms with Crippen LogP contribution in [0, 0.1) is 5.92 Å². The summed E-state index contributed by atoms with van der Waals surface area (Å²) in [5, 5.41) is 9.84. The van der Waals surface area contributed by atoms with Gasteiger partial charge in [0.2, 0.25) is 0 Å². The number of ether oxygens (including phenoxy) is 1. The SMILES string of the molecule is COC(=O)[C@@H]1[C@H]2CC[C@H](C[C@@H]1O)N2C. The Bertz CT molecular complexity index is 244. The second kappa shape index (κ2) is 3.51. The third-order valence-corrected chi connectivity index (χ3v) is 3.71. The Morgan fingerprint density at radius 1 is 1.50 bits per heavy atom. The van der Waals surface area contributed by atoms with Gasteiger partial charge in [0.05, 0.1) is 19.1 Å². The Kier molecular flexibility index (Phi) is 2.49. The molecule has 0 radical (unpaired) electrons. The van der Waals surface area contributed by atoms with E-state index in [9.17, 15) is 9.90 Å². The number of hydrogen-bond donors (Lipinski definition) is 1. The van der Waals surface area contributed by atoms with E-state index >= 15 is 0 Å². The molecule has 0 amide bonds. The van der Waals surface area contributed by atoms with Crippen molar-refractivity contribution in [1.29, 1.82) is 0 Å². The fraction of sp³-hybridized carbons (Fsp3) is 0.900. The maximum absolute atomic E-state index is 11.5. The molecule has 4 nitrogen and oxygen atoms in total. The van der Waals surface area contributed by atoms with E-state index in [2.05, 4.69) is 4.90 Å². The third-order valence-electron chi connectivity index (χ3n) is 3.71. The van der Waals surface area contributed by atoms with Crippen molar-refractivity contribution in [3.8, 4) is 0 Å². The minimum atomic E-state index is -0.517. The number of nitrogens with zero attached hydrogens (tertiary/aromatic N) is 1. The van der Waals surface area contributed by atoms with Crippen molar-refractivity contribution in [3.63, 3.8) is 0 Å². The van der Waals surface area contributed by atoms with Gasteiger partial charge in [-0.25, -0.2) is 0 Å². The van der Waals surface area contributed by atoms with E-state index < -0.39 is 6.10 Å². The van der Waals surface area contributed by atoms with Gasteiger partial charge in [-0.2, -0.15) is 0 Å². The number of carbonyl (C=O) groups is 1. The monoisotopic (exact) mass is 199 g/mol. The van der Waals surface area contributed by atoms with Gasteiger partial charge in [0, 0.05) is 12.1 Å². The summed E-state index contributed by atoms with van der Waals surface area (Å²) in [7, 11) is 3.42. The lowest BCUT2D eigenvalue weighted by Gasteiger charge is -2.39. The van der Waals surface area contributed by atoms with E-state index in [1.54, 1.807) is 0 Å². The van der Waals surface area contributed by atoms with Crippen molar-refractivity contribution in [2.24, 2.45) is 5.92 Å². The zero-order valence-electron chi connectivity index (χ0n) is 8.64. The van der Waals surface area contributed by atoms with Crippen LogP contribution >= 0.6 is 0 Å². The first-order valence-corrected chi connectivity index (χ1v) is 5.13. The Hall–Kier alpha value is -0.610. The number of fused-ring (bicyclic) bond motifs is 2. The molecule has 0 aliphatic carbocycles. The van der Waals surface area contributed by atoms with Crippen LogP contribution in [0.5, 0.6) is 0 Å². The van der Waals surface area contributed by atoms with Crippen molar-refractivity contribution in [2.45, 2.75) is 37.5 Å². The van der Waals surface area contributed by atoms with Crippen molar-refractivity contribution >= 4 is 5.97 Å². The van der Waals surface area contributed by atoms with Gasteiger partial charge in [0.15, 0.2) is 0 Å². The Balaban J connectivity index is 2.18. The van der Waals surface area contributed by atoms with Gasteiger partial charge in [-0.05, 0) is 26.3 Å². The largest absolute Gasteiger partial charge is 0.469 e. The van der Waals surface area contributed by atoms with Gasteiger partial charge < -0.3 is 9.84 Å². The first-order chi connectivity index (χ1) is 6.65. The topological polar surface area (TPSA) is 49.8 Å². The molecular formula is C10H17NO3. The second-order valence-electron chi connectivity index (χ2n) is 4.32. The highest BCUT2D eigenvalue weighted by Crippen LogP contribution is 2.38. The quantitative estimate of drug-likeness (QED) is 0.604. The number of esters is 1. The average Bonchev–Trinajstić information content (AvgIpc) is 2.42. The lowest BCUT2D eigenvalue weighted by atomic mass is 9.88. The number of rotatable bonds is 1. The molecule has 2 rings (SSSR count). The number of hydrogen-bond acceptors (Lipinski definition) is 4. The van der Waals surface area contributed by atoms with E-state index in [1.165, 1.54) is 7.11 Å². The van der Waals surface area contributed by atoms with Crippen LogP contribution in [0.3, 0.4) is 0 Å². The number of methoxy groups -OCH3 is 1. The molecule has 4 heteroatoms. The normalized spacial score (nSPS) is 42.5. The lowest BCUT2D eigenvalue weighted by Crippen LogP contribution is -2.52. The van der Waals surface area contributed by atoms with E-state index in [-0.39, 0.29) is 17.9 Å². The van der Waals surface area contributed by atoms with Gasteiger partial charge in [-0.15, -0.1) is 0 Å². The van der Waals surface area contributed by atoms with E-state index in [4.69, 9.17) is 4.74 Å². The number of aliphatic hydroxyl groups excluding tert-OH is 1. The van der Waals surface area contributed by atoms with E-state index in [0.29, 0.717) is 12.5 Å². The highest BCUT2D eigenvalue weighted by molar-refractivity contribution is 5.74. The van der Waals surface area contributed by atoms with Gasteiger partial charge in [0.25, 0.3) is 0 Å². The van der Waals surface area contributed by atoms with Crippen molar-refractivity contribution in [3.05, 3.63) is 0 Å². The number of carbonyl (C=O) groups excluding carboxylic acids is 1. The predicted molar refractivity (Wildman–Crippen MR) is 50.7 cm³/mol. The molecule has 0 saturated carbocycles. The van der Waals surface area contributed by atoms with Crippen molar-refractivity contribution < 1.29 is 14.6 Å². The molecule has 80 valence electrons. The molecule has 1 N–H and O–H groups in total. The summed E-state index contributed by atoms with van der Waals surface area (Å²) in [5.74, 6) is -0.613. The fourth-order valence-electron chi connectivity index (χ4n) is 2.89. The van der Waals surface area contributed by atoms with E-state index in [0.717, 1.165) is 12.8 Å². The van der Waals surface area contributed by atoms with Crippen LogP contribution in [0.1, 0.15) is 19.3 Å². The van der Waals surface area contributed by atoms with Crippen molar-refractivity contribution in [1.82, 2.24) is 4.90 Å². The summed E-state index contributed by atoms with van der Waals surface area (Å²) in [6.07, 6.45) is 2.27. The van der Waals surface area contributed by atoms with Crippen LogP contribution < -0.4 is 0 Å². The summed E-state index contributed by atoms with van der Waals surface area (Å²) in [6.45, 7) is 0. The maximum atomic E-state index is 11.5. The molecule has 0 spiro atoms. The first kappa shape index (κ1) is 9.93. The average molecular weight is 199 g/mol. The molecule has 0 unspecified atom stereocenters. The van der Waals surface area contributed by atoms with Crippen LogP contribution in [0.25, 0.3) is 0 Å². The number of piperidine rings is 1. The minimum Gasteiger partial charge on any atom is -0.469 e. The molecule has 0 aromatic rings. The second-order valence-corrected chi connectivity index (χ2v) is 4.32. The van der Waals surface area contributed by atoms with Crippen LogP contribution in [-0.4, -0.2) is 48.3 Å². The predicted octanol–water partition coefficient (Wildman–Crippen LogP) is 0.00300.